The van der Waals surface area contributed by atoms with E-state index in [1.165, 1.54) is 6.07 Å². The topological polar surface area (TPSA) is 55.2 Å². The molecule has 0 saturated carbocycles. The molecule has 0 unspecified atom stereocenters. The van der Waals surface area contributed by atoms with Crippen molar-refractivity contribution in [2.75, 3.05) is 6.61 Å². The zero-order valence-corrected chi connectivity index (χ0v) is 8.72. The molecule has 2 heterocycles. The fourth-order valence-electron chi connectivity index (χ4n) is 1.38. The maximum Gasteiger partial charge on any atom is 0.449 e. The molecule has 0 spiro atoms. The fraction of sp³-hybridized carbons (Fsp3) is 0.300. The van der Waals surface area contributed by atoms with E-state index in [2.05, 4.69) is 9.40 Å². The number of aromatic nitrogens is 1. The summed E-state index contributed by atoms with van der Waals surface area (Å²) in [5.41, 5.74) is -0.0327. The molecule has 1 N–H and O–H groups in total. The Morgan fingerprint density at radius 1 is 1.47 bits per heavy atom. The van der Waals surface area contributed by atoms with E-state index in [-0.39, 0.29) is 23.4 Å². The van der Waals surface area contributed by atoms with Gasteiger partial charge in [-0.2, -0.15) is 13.2 Å². The van der Waals surface area contributed by atoms with Gasteiger partial charge in [-0.25, -0.2) is 4.79 Å². The fourth-order valence-corrected chi connectivity index (χ4v) is 1.38. The maximum atomic E-state index is 12.3. The van der Waals surface area contributed by atoms with Crippen LogP contribution >= 0.6 is 0 Å². The monoisotopic (exact) mass is 247 g/mol. The number of hydrogen-bond acceptors (Lipinski definition) is 3. The lowest BCUT2D eigenvalue weighted by Crippen LogP contribution is -2.05. The number of fused-ring (bicyclic) bond motifs is 1. The van der Waals surface area contributed by atoms with Crippen LogP contribution in [0.2, 0.25) is 0 Å². The number of halogens is 3. The van der Waals surface area contributed by atoms with Crippen molar-refractivity contribution in [3.05, 3.63) is 23.6 Å². The molecule has 0 aliphatic heterocycles. The number of alkyl halides is 3. The van der Waals surface area contributed by atoms with Crippen molar-refractivity contribution in [1.29, 1.82) is 0 Å². The van der Waals surface area contributed by atoms with Gasteiger partial charge in [-0.05, 0) is 19.1 Å². The van der Waals surface area contributed by atoms with Crippen molar-refractivity contribution >= 4 is 17.1 Å². The van der Waals surface area contributed by atoms with Crippen molar-refractivity contribution < 1.29 is 27.1 Å². The molecule has 0 aliphatic rings. The van der Waals surface area contributed by atoms with Crippen molar-refractivity contribution in [2.24, 2.45) is 0 Å². The highest BCUT2D eigenvalue weighted by molar-refractivity contribution is 5.93. The summed E-state index contributed by atoms with van der Waals surface area (Å²) in [5, 5.41) is 0.181. The van der Waals surface area contributed by atoms with Gasteiger partial charge in [0.1, 0.15) is 5.69 Å². The number of hydrogen-bond donors (Lipinski definition) is 1. The number of H-pyrrole nitrogens is 1. The lowest BCUT2D eigenvalue weighted by Gasteiger charge is -2.00. The van der Waals surface area contributed by atoms with E-state index >= 15 is 0 Å². The van der Waals surface area contributed by atoms with Crippen LogP contribution in [0.15, 0.2) is 16.5 Å². The van der Waals surface area contributed by atoms with Crippen LogP contribution in [0.4, 0.5) is 13.2 Å². The zero-order chi connectivity index (χ0) is 12.6. The highest BCUT2D eigenvalue weighted by Crippen LogP contribution is 2.33. The van der Waals surface area contributed by atoms with Gasteiger partial charge in [0.25, 0.3) is 0 Å². The molecule has 0 saturated heterocycles. The van der Waals surface area contributed by atoms with Gasteiger partial charge >= 0.3 is 12.1 Å². The van der Waals surface area contributed by atoms with Gasteiger partial charge in [0, 0.05) is 5.39 Å². The summed E-state index contributed by atoms with van der Waals surface area (Å²) >= 11 is 0. The molecule has 0 aromatic carbocycles. The maximum absolute atomic E-state index is 12.3. The molecule has 92 valence electrons. The predicted molar refractivity (Wildman–Crippen MR) is 51.5 cm³/mol. The largest absolute Gasteiger partial charge is 0.461 e. The number of furan rings is 1. The normalized spacial score (nSPS) is 12.0. The summed E-state index contributed by atoms with van der Waals surface area (Å²) in [6.07, 6.45) is -4.54. The van der Waals surface area contributed by atoms with Crippen molar-refractivity contribution in [1.82, 2.24) is 4.98 Å². The summed E-state index contributed by atoms with van der Waals surface area (Å²) in [5.74, 6) is -1.73. The van der Waals surface area contributed by atoms with Crippen LogP contribution in [-0.4, -0.2) is 17.6 Å². The van der Waals surface area contributed by atoms with Gasteiger partial charge in [0.15, 0.2) is 0 Å². The average Bonchev–Trinajstić information content (AvgIpc) is 2.72. The molecule has 0 fully saturated rings. The quantitative estimate of drug-likeness (QED) is 0.830. The standard InChI is InChI=1S/C10H8F3NO3/c1-2-16-9(15)6-3-5-4-7(10(11,12)13)17-8(5)14-6/h3-4,14H,2H2,1H3. The summed E-state index contributed by atoms with van der Waals surface area (Å²) in [4.78, 5) is 13.7. The molecule has 0 atom stereocenters. The van der Waals surface area contributed by atoms with E-state index in [0.717, 1.165) is 6.07 Å². The third kappa shape index (κ3) is 2.13. The second kappa shape index (κ2) is 3.83. The van der Waals surface area contributed by atoms with Gasteiger partial charge in [0.2, 0.25) is 11.5 Å². The lowest BCUT2D eigenvalue weighted by molar-refractivity contribution is -0.152. The number of esters is 1. The number of aromatic amines is 1. The summed E-state index contributed by atoms with van der Waals surface area (Å²) in [6, 6.07) is 2.08. The molecule has 4 nitrogen and oxygen atoms in total. The number of carbonyl (C=O) groups is 1. The summed E-state index contributed by atoms with van der Waals surface area (Å²) < 4.78 is 46.1. The Hall–Kier alpha value is -1.92. The minimum atomic E-state index is -4.54. The van der Waals surface area contributed by atoms with Crippen LogP contribution in [0.25, 0.3) is 11.1 Å². The third-order valence-electron chi connectivity index (χ3n) is 2.08. The van der Waals surface area contributed by atoms with E-state index in [0.29, 0.717) is 0 Å². The molecule has 2 aromatic heterocycles. The van der Waals surface area contributed by atoms with Crippen molar-refractivity contribution in [3.63, 3.8) is 0 Å². The Morgan fingerprint density at radius 3 is 2.71 bits per heavy atom. The Balaban J connectivity index is 2.35. The van der Waals surface area contributed by atoms with Crippen LogP contribution in [0.3, 0.4) is 0 Å². The zero-order valence-electron chi connectivity index (χ0n) is 8.72. The molecule has 2 rings (SSSR count). The van der Waals surface area contributed by atoms with Gasteiger partial charge < -0.3 is 14.1 Å². The molecular weight excluding hydrogens is 239 g/mol. The molecule has 0 radical (unpaired) electrons. The molecule has 0 bridgehead atoms. The predicted octanol–water partition coefficient (Wildman–Crippen LogP) is 2.96. The second-order valence-corrected chi connectivity index (χ2v) is 3.30. The first-order valence-electron chi connectivity index (χ1n) is 4.78. The molecule has 0 aliphatic carbocycles. The van der Waals surface area contributed by atoms with Crippen molar-refractivity contribution in [2.45, 2.75) is 13.1 Å². The van der Waals surface area contributed by atoms with E-state index in [9.17, 15) is 18.0 Å². The van der Waals surface area contributed by atoms with E-state index in [1.54, 1.807) is 6.92 Å². The highest BCUT2D eigenvalue weighted by atomic mass is 19.4. The van der Waals surface area contributed by atoms with Gasteiger partial charge in [-0.3, -0.25) is 0 Å². The molecule has 17 heavy (non-hydrogen) atoms. The lowest BCUT2D eigenvalue weighted by atomic mass is 10.3. The Morgan fingerprint density at radius 2 is 2.18 bits per heavy atom. The number of rotatable bonds is 2. The SMILES string of the molecule is CCOC(=O)c1cc2cc(C(F)(F)F)oc2[nH]1. The van der Waals surface area contributed by atoms with E-state index in [1.807, 2.05) is 0 Å². The molecular formula is C10H8F3NO3. The van der Waals surface area contributed by atoms with Gasteiger partial charge in [0.05, 0.1) is 6.61 Å². The van der Waals surface area contributed by atoms with Gasteiger partial charge in [-0.15, -0.1) is 0 Å². The van der Waals surface area contributed by atoms with Crippen LogP contribution in [0.5, 0.6) is 0 Å². The minimum absolute atomic E-state index is 0.0642. The van der Waals surface area contributed by atoms with Crippen LogP contribution < -0.4 is 0 Å². The van der Waals surface area contributed by atoms with E-state index in [4.69, 9.17) is 4.74 Å². The Bertz CT molecular complexity index is 521. The third-order valence-corrected chi connectivity index (χ3v) is 2.08. The Kier molecular flexibility index (Phi) is 2.60. The van der Waals surface area contributed by atoms with Crippen LogP contribution in [0, 0.1) is 0 Å². The molecule has 7 heteroatoms. The minimum Gasteiger partial charge on any atom is -0.461 e. The van der Waals surface area contributed by atoms with Gasteiger partial charge in [-0.1, -0.05) is 0 Å². The van der Waals surface area contributed by atoms with Crippen LogP contribution in [0.1, 0.15) is 23.2 Å². The average molecular weight is 247 g/mol. The van der Waals surface area contributed by atoms with E-state index < -0.39 is 17.9 Å². The Labute approximate surface area is 93.3 Å². The van der Waals surface area contributed by atoms with Crippen molar-refractivity contribution in [3.8, 4) is 0 Å². The number of ether oxygens (including phenoxy) is 1. The number of carbonyl (C=O) groups excluding carboxylic acids is 1. The van der Waals surface area contributed by atoms with Crippen LogP contribution in [-0.2, 0) is 10.9 Å². The first-order valence-corrected chi connectivity index (χ1v) is 4.78. The summed E-state index contributed by atoms with van der Waals surface area (Å²) in [6.45, 7) is 1.82. The molecule has 0 amide bonds. The summed E-state index contributed by atoms with van der Waals surface area (Å²) in [7, 11) is 0. The smallest absolute Gasteiger partial charge is 0.449 e. The second-order valence-electron chi connectivity index (χ2n) is 3.30. The first kappa shape index (κ1) is 11.6. The number of nitrogens with one attached hydrogen (secondary N) is 1. The first-order chi connectivity index (χ1) is 7.91. The highest BCUT2D eigenvalue weighted by Gasteiger charge is 2.35. The molecule has 2 aromatic rings.